The molecule has 0 rings (SSSR count). The van der Waals surface area contributed by atoms with Gasteiger partial charge in [0.05, 0.1) is 0 Å². The monoisotopic (exact) mass is 268 g/mol. The molecule has 0 aromatic carbocycles. The molecule has 0 saturated carbocycles. The first-order chi connectivity index (χ1) is 9.24. The van der Waals surface area contributed by atoms with Crippen LogP contribution in [0.4, 0.5) is 0 Å². The van der Waals surface area contributed by atoms with Gasteiger partial charge in [-0.15, -0.1) is 0 Å². The lowest BCUT2D eigenvalue weighted by Gasteiger charge is -2.37. The summed E-state index contributed by atoms with van der Waals surface area (Å²) < 4.78 is 0. The smallest absolute Gasteiger partial charge is 0.310 e. The van der Waals surface area contributed by atoms with Crippen LogP contribution in [0.1, 0.15) is 73.1 Å². The van der Waals surface area contributed by atoms with Crippen molar-refractivity contribution in [3.05, 3.63) is 0 Å². The molecule has 0 aliphatic heterocycles. The van der Waals surface area contributed by atoms with Crippen LogP contribution in [-0.4, -0.2) is 42.8 Å². The Kier molecular flexibility index (Phi) is 13.0. The SMILES string of the molecule is CCCCB(N(CCC)CCC)N(CCC)CCC. The topological polar surface area (TPSA) is 6.48 Å². The van der Waals surface area contributed by atoms with Gasteiger partial charge in [-0.05, 0) is 58.2 Å². The molecule has 0 N–H and O–H groups in total. The molecule has 0 spiro atoms. The Morgan fingerprint density at radius 3 is 1.21 bits per heavy atom. The number of nitrogens with zero attached hydrogens (tertiary/aromatic N) is 2. The number of rotatable bonds is 13. The van der Waals surface area contributed by atoms with E-state index in [-0.39, 0.29) is 0 Å². The number of unbranched alkanes of at least 4 members (excludes halogenated alkanes) is 1. The van der Waals surface area contributed by atoms with E-state index in [2.05, 4.69) is 44.2 Å². The first-order valence-corrected chi connectivity index (χ1v) is 8.73. The summed E-state index contributed by atoms with van der Waals surface area (Å²) in [5.74, 6) is 0. The average Bonchev–Trinajstić information content (AvgIpc) is 2.40. The average molecular weight is 268 g/mol. The first kappa shape index (κ1) is 19.0. The predicted molar refractivity (Wildman–Crippen MR) is 89.8 cm³/mol. The Labute approximate surface area is 123 Å². The van der Waals surface area contributed by atoms with E-state index < -0.39 is 0 Å². The van der Waals surface area contributed by atoms with Crippen molar-refractivity contribution in [3.63, 3.8) is 0 Å². The molecule has 0 saturated heterocycles. The molecule has 0 bridgehead atoms. The molecule has 0 unspecified atom stereocenters. The van der Waals surface area contributed by atoms with Crippen LogP contribution in [0, 0.1) is 0 Å². The fraction of sp³-hybridized carbons (Fsp3) is 1.00. The second kappa shape index (κ2) is 13.0. The molecule has 0 aromatic heterocycles. The first-order valence-electron chi connectivity index (χ1n) is 8.73. The maximum Gasteiger partial charge on any atom is 0.310 e. The van der Waals surface area contributed by atoms with Crippen molar-refractivity contribution in [2.24, 2.45) is 0 Å². The molecule has 0 radical (unpaired) electrons. The second-order valence-corrected chi connectivity index (χ2v) is 5.69. The van der Waals surface area contributed by atoms with Crippen molar-refractivity contribution >= 4 is 6.98 Å². The molecular formula is C16H37BN2. The summed E-state index contributed by atoms with van der Waals surface area (Å²) in [6.07, 6.45) is 9.11. The van der Waals surface area contributed by atoms with Gasteiger partial charge in [0.25, 0.3) is 0 Å². The van der Waals surface area contributed by atoms with E-state index in [1.165, 1.54) is 71.0 Å². The standard InChI is InChI=1S/C16H37BN2/c1-6-11-12-17(18(13-7-2)14-8-3)19(15-9-4)16-10-5/h6-16H2,1-5H3. The van der Waals surface area contributed by atoms with Crippen LogP contribution in [0.5, 0.6) is 0 Å². The van der Waals surface area contributed by atoms with Crippen molar-refractivity contribution in [2.75, 3.05) is 26.2 Å². The van der Waals surface area contributed by atoms with E-state index in [1.54, 1.807) is 0 Å². The zero-order chi connectivity index (χ0) is 14.5. The largest absolute Gasteiger partial charge is 0.328 e. The highest BCUT2D eigenvalue weighted by Crippen LogP contribution is 2.14. The lowest BCUT2D eigenvalue weighted by molar-refractivity contribution is 0.336. The minimum absolute atomic E-state index is 0.680. The van der Waals surface area contributed by atoms with Crippen LogP contribution in [0.3, 0.4) is 0 Å². The molecule has 3 heteroatoms. The van der Waals surface area contributed by atoms with E-state index in [0.29, 0.717) is 6.98 Å². The molecule has 0 aromatic rings. The third-order valence-electron chi connectivity index (χ3n) is 3.70. The highest BCUT2D eigenvalue weighted by atomic mass is 15.2. The van der Waals surface area contributed by atoms with Crippen molar-refractivity contribution in [2.45, 2.75) is 79.5 Å². The van der Waals surface area contributed by atoms with Crippen molar-refractivity contribution < 1.29 is 0 Å². The quantitative estimate of drug-likeness (QED) is 0.453. The zero-order valence-electron chi connectivity index (χ0n) is 14.2. The Balaban J connectivity index is 4.76. The Morgan fingerprint density at radius 2 is 0.947 bits per heavy atom. The van der Waals surface area contributed by atoms with Crippen LogP contribution in [-0.2, 0) is 0 Å². The lowest BCUT2D eigenvalue weighted by atomic mass is 9.65. The second-order valence-electron chi connectivity index (χ2n) is 5.69. The van der Waals surface area contributed by atoms with E-state index in [0.717, 1.165) is 0 Å². The summed E-state index contributed by atoms with van der Waals surface area (Å²) in [6, 6.07) is 0. The minimum atomic E-state index is 0.680. The summed E-state index contributed by atoms with van der Waals surface area (Å²) in [5, 5.41) is 0. The van der Waals surface area contributed by atoms with Gasteiger partial charge in [-0.1, -0.05) is 47.5 Å². The molecule has 114 valence electrons. The minimum Gasteiger partial charge on any atom is -0.328 e. The molecular weight excluding hydrogens is 231 g/mol. The summed E-state index contributed by atoms with van der Waals surface area (Å²) in [7, 11) is 0. The van der Waals surface area contributed by atoms with Gasteiger partial charge in [0, 0.05) is 0 Å². The van der Waals surface area contributed by atoms with Crippen LogP contribution >= 0.6 is 0 Å². The number of hydrogen-bond acceptors (Lipinski definition) is 2. The summed E-state index contributed by atoms with van der Waals surface area (Å²) in [5.41, 5.74) is 0. The Bertz CT molecular complexity index is 160. The highest BCUT2D eigenvalue weighted by molar-refractivity contribution is 6.52. The van der Waals surface area contributed by atoms with Crippen molar-refractivity contribution in [1.82, 2.24) is 9.62 Å². The van der Waals surface area contributed by atoms with E-state index in [9.17, 15) is 0 Å². The summed E-state index contributed by atoms with van der Waals surface area (Å²) in [6.45, 7) is 17.3. The van der Waals surface area contributed by atoms with E-state index in [1.807, 2.05) is 0 Å². The fourth-order valence-corrected chi connectivity index (χ4v) is 2.95. The maximum absolute atomic E-state index is 2.74. The third kappa shape index (κ3) is 7.99. The van der Waals surface area contributed by atoms with Gasteiger partial charge in [0.15, 0.2) is 0 Å². The molecule has 2 nitrogen and oxygen atoms in total. The number of hydrogen-bond donors (Lipinski definition) is 0. The molecule has 0 aliphatic rings. The Hall–Kier alpha value is -0.0151. The van der Waals surface area contributed by atoms with Crippen LogP contribution in [0.25, 0.3) is 0 Å². The normalized spacial score (nSPS) is 11.5. The molecule has 0 atom stereocenters. The fourth-order valence-electron chi connectivity index (χ4n) is 2.95. The van der Waals surface area contributed by atoms with Gasteiger partial charge in [-0.3, -0.25) is 0 Å². The molecule has 0 aliphatic carbocycles. The van der Waals surface area contributed by atoms with Gasteiger partial charge in [0.1, 0.15) is 0 Å². The van der Waals surface area contributed by atoms with Crippen molar-refractivity contribution in [3.8, 4) is 0 Å². The highest BCUT2D eigenvalue weighted by Gasteiger charge is 2.27. The van der Waals surface area contributed by atoms with Gasteiger partial charge in [-0.25, -0.2) is 0 Å². The van der Waals surface area contributed by atoms with E-state index >= 15 is 0 Å². The van der Waals surface area contributed by atoms with Gasteiger partial charge in [0.2, 0.25) is 0 Å². The van der Waals surface area contributed by atoms with Gasteiger partial charge in [-0.2, -0.15) is 0 Å². The molecule has 0 amide bonds. The molecule has 0 heterocycles. The van der Waals surface area contributed by atoms with E-state index in [4.69, 9.17) is 0 Å². The van der Waals surface area contributed by atoms with Crippen molar-refractivity contribution in [1.29, 1.82) is 0 Å². The summed E-state index contributed by atoms with van der Waals surface area (Å²) >= 11 is 0. The van der Waals surface area contributed by atoms with Crippen LogP contribution < -0.4 is 0 Å². The Morgan fingerprint density at radius 1 is 0.579 bits per heavy atom. The maximum atomic E-state index is 2.74. The zero-order valence-corrected chi connectivity index (χ0v) is 14.2. The lowest BCUT2D eigenvalue weighted by Crippen LogP contribution is -2.53. The van der Waals surface area contributed by atoms with Crippen LogP contribution in [0.15, 0.2) is 0 Å². The summed E-state index contributed by atoms with van der Waals surface area (Å²) in [4.78, 5) is 5.47. The van der Waals surface area contributed by atoms with Crippen LogP contribution in [0.2, 0.25) is 6.32 Å². The third-order valence-corrected chi connectivity index (χ3v) is 3.70. The van der Waals surface area contributed by atoms with Gasteiger partial charge < -0.3 is 9.62 Å². The predicted octanol–water partition coefficient (Wildman–Crippen LogP) is 4.52. The molecule has 0 fully saturated rings. The van der Waals surface area contributed by atoms with Gasteiger partial charge >= 0.3 is 6.98 Å². The molecule has 19 heavy (non-hydrogen) atoms.